The van der Waals surface area contributed by atoms with E-state index in [0.717, 1.165) is 47.5 Å². The second-order valence-electron chi connectivity index (χ2n) is 10.6. The van der Waals surface area contributed by atoms with Gasteiger partial charge in [-0.05, 0) is 68.1 Å². The number of aryl methyl sites for hydroxylation is 1. The number of benzene rings is 3. The lowest BCUT2D eigenvalue weighted by Gasteiger charge is -2.34. The third kappa shape index (κ3) is 7.89. The SMILES string of the molecule is CC[C@H](C(=O)NC1CCCCC1)N(Cc1ccc(C)cc1)C(=O)CN(c1ccc(Cl)cc1)S(=O)(=O)c1ccccc1. The van der Waals surface area contributed by atoms with Crippen molar-refractivity contribution in [3.05, 3.63) is 95.0 Å². The predicted molar refractivity (Wildman–Crippen MR) is 163 cm³/mol. The maximum atomic E-state index is 14.2. The number of carbonyl (C=O) groups excluding carboxylic acids is 2. The second kappa shape index (κ2) is 14.0. The summed E-state index contributed by atoms with van der Waals surface area (Å²) in [6, 6.07) is 21.5. The van der Waals surface area contributed by atoms with Gasteiger partial charge in [0, 0.05) is 17.6 Å². The van der Waals surface area contributed by atoms with Gasteiger partial charge in [0.2, 0.25) is 11.8 Å². The molecule has 1 N–H and O–H groups in total. The van der Waals surface area contributed by atoms with Crippen LogP contribution < -0.4 is 9.62 Å². The first-order valence-corrected chi connectivity index (χ1v) is 16.0. The Balaban J connectivity index is 1.68. The average Bonchev–Trinajstić information content (AvgIpc) is 2.98. The van der Waals surface area contributed by atoms with Gasteiger partial charge in [-0.25, -0.2) is 8.42 Å². The van der Waals surface area contributed by atoms with Crippen molar-refractivity contribution in [2.24, 2.45) is 0 Å². The third-order valence-corrected chi connectivity index (χ3v) is 9.58. The Labute approximate surface area is 248 Å². The van der Waals surface area contributed by atoms with E-state index < -0.39 is 28.5 Å². The predicted octanol–water partition coefficient (Wildman–Crippen LogP) is 6.10. The molecule has 0 radical (unpaired) electrons. The summed E-state index contributed by atoms with van der Waals surface area (Å²) in [5, 5.41) is 3.62. The Morgan fingerprint density at radius 1 is 0.927 bits per heavy atom. The molecule has 0 saturated heterocycles. The number of sulfonamides is 1. The number of carbonyl (C=O) groups is 2. The molecule has 9 heteroatoms. The van der Waals surface area contributed by atoms with Crippen LogP contribution in [0.25, 0.3) is 0 Å². The van der Waals surface area contributed by atoms with E-state index in [4.69, 9.17) is 11.6 Å². The normalized spacial score (nSPS) is 14.7. The molecular formula is C32H38ClN3O4S. The maximum absolute atomic E-state index is 14.2. The summed E-state index contributed by atoms with van der Waals surface area (Å²) in [5.74, 6) is -0.672. The molecule has 1 aliphatic rings. The van der Waals surface area contributed by atoms with Gasteiger partial charge in [0.25, 0.3) is 10.0 Å². The van der Waals surface area contributed by atoms with Gasteiger partial charge in [-0.1, -0.05) is 85.8 Å². The van der Waals surface area contributed by atoms with E-state index in [-0.39, 0.29) is 23.4 Å². The molecule has 2 amide bonds. The fraction of sp³-hybridized carbons (Fsp3) is 0.375. The molecule has 0 bridgehead atoms. The highest BCUT2D eigenvalue weighted by molar-refractivity contribution is 7.92. The van der Waals surface area contributed by atoms with Crippen molar-refractivity contribution in [1.82, 2.24) is 10.2 Å². The highest BCUT2D eigenvalue weighted by Crippen LogP contribution is 2.26. The third-order valence-electron chi connectivity index (χ3n) is 7.54. The van der Waals surface area contributed by atoms with Crippen molar-refractivity contribution in [2.45, 2.75) is 75.9 Å². The van der Waals surface area contributed by atoms with Gasteiger partial charge in [0.1, 0.15) is 12.6 Å². The molecule has 1 atom stereocenters. The van der Waals surface area contributed by atoms with E-state index in [1.807, 2.05) is 38.1 Å². The van der Waals surface area contributed by atoms with Crippen LogP contribution >= 0.6 is 11.6 Å². The summed E-state index contributed by atoms with van der Waals surface area (Å²) >= 11 is 6.09. The molecule has 3 aromatic rings. The lowest BCUT2D eigenvalue weighted by molar-refractivity contribution is -0.140. The Hall–Kier alpha value is -3.36. The number of nitrogens with zero attached hydrogens (tertiary/aromatic N) is 2. The molecule has 0 heterocycles. The average molecular weight is 596 g/mol. The number of hydrogen-bond acceptors (Lipinski definition) is 4. The molecule has 0 aromatic heterocycles. The van der Waals surface area contributed by atoms with Crippen LogP contribution in [0, 0.1) is 6.92 Å². The maximum Gasteiger partial charge on any atom is 0.264 e. The summed E-state index contributed by atoms with van der Waals surface area (Å²) in [6.07, 6.45) is 5.55. The standard InChI is InChI=1S/C32H38ClN3O4S/c1-3-30(32(38)34-27-10-6-4-7-11-27)35(22-25-16-14-24(2)15-17-25)31(37)23-36(28-20-18-26(33)19-21-28)41(39,40)29-12-8-5-9-13-29/h5,8-9,12-21,27,30H,3-4,6-7,10-11,22-23H2,1-2H3,(H,34,38)/t30-/m1/s1. The Bertz CT molecular complexity index is 1410. The number of nitrogens with one attached hydrogen (secondary N) is 1. The monoisotopic (exact) mass is 595 g/mol. The second-order valence-corrected chi connectivity index (χ2v) is 12.9. The summed E-state index contributed by atoms with van der Waals surface area (Å²) < 4.78 is 28.8. The fourth-order valence-corrected chi connectivity index (χ4v) is 6.77. The van der Waals surface area contributed by atoms with Crippen LogP contribution in [0.5, 0.6) is 0 Å². The zero-order valence-electron chi connectivity index (χ0n) is 23.6. The molecule has 7 nitrogen and oxygen atoms in total. The lowest BCUT2D eigenvalue weighted by Crippen LogP contribution is -2.54. The topological polar surface area (TPSA) is 86.8 Å². The first-order chi connectivity index (χ1) is 19.7. The van der Waals surface area contributed by atoms with Gasteiger partial charge >= 0.3 is 0 Å². The van der Waals surface area contributed by atoms with Crippen LogP contribution in [0.2, 0.25) is 5.02 Å². The molecule has 0 unspecified atom stereocenters. The molecular weight excluding hydrogens is 558 g/mol. The minimum atomic E-state index is -4.11. The molecule has 1 aliphatic carbocycles. The Kier molecular flexibility index (Phi) is 10.5. The van der Waals surface area contributed by atoms with E-state index in [1.165, 1.54) is 17.0 Å². The number of rotatable bonds is 11. The Morgan fingerprint density at radius 3 is 2.17 bits per heavy atom. The van der Waals surface area contributed by atoms with Crippen LogP contribution in [0.4, 0.5) is 5.69 Å². The lowest BCUT2D eigenvalue weighted by atomic mass is 9.95. The number of amides is 2. The van der Waals surface area contributed by atoms with Gasteiger partial charge in [0.05, 0.1) is 10.6 Å². The van der Waals surface area contributed by atoms with Crippen molar-refractivity contribution in [3.8, 4) is 0 Å². The van der Waals surface area contributed by atoms with Crippen molar-refractivity contribution >= 4 is 39.1 Å². The highest BCUT2D eigenvalue weighted by Gasteiger charge is 2.34. The van der Waals surface area contributed by atoms with Gasteiger partial charge in [-0.15, -0.1) is 0 Å². The van der Waals surface area contributed by atoms with Crippen molar-refractivity contribution in [3.63, 3.8) is 0 Å². The summed E-state index contributed by atoms with van der Waals surface area (Å²) in [4.78, 5) is 29.3. The quantitative estimate of drug-likeness (QED) is 0.290. The van der Waals surface area contributed by atoms with E-state index in [2.05, 4.69) is 5.32 Å². The van der Waals surface area contributed by atoms with E-state index in [1.54, 1.807) is 42.5 Å². The number of hydrogen-bond donors (Lipinski definition) is 1. The summed E-state index contributed by atoms with van der Waals surface area (Å²) in [5.41, 5.74) is 2.25. The number of halogens is 1. The molecule has 1 fully saturated rings. The van der Waals surface area contributed by atoms with Gasteiger partial charge in [0.15, 0.2) is 0 Å². The molecule has 1 saturated carbocycles. The van der Waals surface area contributed by atoms with Crippen LogP contribution in [0.3, 0.4) is 0 Å². The fourth-order valence-electron chi connectivity index (χ4n) is 5.21. The highest BCUT2D eigenvalue weighted by atomic mass is 35.5. The van der Waals surface area contributed by atoms with Crippen molar-refractivity contribution in [2.75, 3.05) is 10.8 Å². The van der Waals surface area contributed by atoms with Gasteiger partial charge in [-0.3, -0.25) is 13.9 Å². The van der Waals surface area contributed by atoms with Crippen molar-refractivity contribution in [1.29, 1.82) is 0 Å². The summed E-state index contributed by atoms with van der Waals surface area (Å²) in [6.45, 7) is 3.56. The Morgan fingerprint density at radius 2 is 1.56 bits per heavy atom. The van der Waals surface area contributed by atoms with Gasteiger partial charge < -0.3 is 10.2 Å². The molecule has 0 aliphatic heterocycles. The van der Waals surface area contributed by atoms with Crippen molar-refractivity contribution < 1.29 is 18.0 Å². The van der Waals surface area contributed by atoms with Crippen LogP contribution in [0.1, 0.15) is 56.6 Å². The van der Waals surface area contributed by atoms with E-state index in [0.29, 0.717) is 17.1 Å². The van der Waals surface area contributed by atoms with Crippen LogP contribution in [0.15, 0.2) is 83.8 Å². The van der Waals surface area contributed by atoms with Gasteiger partial charge in [-0.2, -0.15) is 0 Å². The van der Waals surface area contributed by atoms with Crippen LogP contribution in [-0.2, 0) is 26.2 Å². The summed E-state index contributed by atoms with van der Waals surface area (Å²) in [7, 11) is -4.11. The minimum Gasteiger partial charge on any atom is -0.352 e. The van der Waals surface area contributed by atoms with E-state index >= 15 is 0 Å². The van der Waals surface area contributed by atoms with E-state index in [9.17, 15) is 18.0 Å². The first kappa shape index (κ1) is 30.6. The zero-order chi connectivity index (χ0) is 29.4. The molecule has 218 valence electrons. The number of anilines is 1. The van der Waals surface area contributed by atoms with Crippen LogP contribution in [-0.4, -0.2) is 43.8 Å². The minimum absolute atomic E-state index is 0.0647. The molecule has 4 rings (SSSR count). The largest absolute Gasteiger partial charge is 0.352 e. The molecule has 0 spiro atoms. The zero-order valence-corrected chi connectivity index (χ0v) is 25.2. The molecule has 3 aromatic carbocycles. The first-order valence-electron chi connectivity index (χ1n) is 14.2. The smallest absolute Gasteiger partial charge is 0.264 e. The molecule has 41 heavy (non-hydrogen) atoms.